The Hall–Kier alpha value is -0.590. The zero-order chi connectivity index (χ0) is 8.55. The second-order valence-electron chi connectivity index (χ2n) is 4.30. The molecule has 2 aliphatic rings. The highest BCUT2D eigenvalue weighted by Crippen LogP contribution is 2.38. The molecular weight excluding hydrogens is 146 g/mol. The molecule has 0 spiro atoms. The van der Waals surface area contributed by atoms with Gasteiger partial charge < -0.3 is 0 Å². The van der Waals surface area contributed by atoms with Crippen molar-refractivity contribution in [2.24, 2.45) is 16.8 Å². The van der Waals surface area contributed by atoms with Crippen LogP contribution in [-0.2, 0) is 0 Å². The van der Waals surface area contributed by atoms with E-state index in [1.54, 1.807) is 5.57 Å². The summed E-state index contributed by atoms with van der Waals surface area (Å²) in [5.41, 5.74) is 1.59. The summed E-state index contributed by atoms with van der Waals surface area (Å²) in [6.07, 6.45) is 8.25. The highest BCUT2D eigenvalue weighted by Gasteiger charge is 2.32. The lowest BCUT2D eigenvalue weighted by Gasteiger charge is -2.19. The molecule has 1 unspecified atom stereocenters. The van der Waals surface area contributed by atoms with Gasteiger partial charge in [0, 0.05) is 6.21 Å². The lowest BCUT2D eigenvalue weighted by molar-refractivity contribution is 0.554. The van der Waals surface area contributed by atoms with Crippen molar-refractivity contribution < 1.29 is 0 Å². The summed E-state index contributed by atoms with van der Waals surface area (Å²) in [5, 5.41) is 0. The zero-order valence-electron chi connectivity index (χ0n) is 7.96. The average Bonchev–Trinajstić information content (AvgIpc) is 2.87. The molecule has 0 radical (unpaired) electrons. The Morgan fingerprint density at radius 3 is 2.75 bits per heavy atom. The SMILES string of the molecule is CC(C)C1=CC=NC(C2CC2)C1. The minimum atomic E-state index is 0.632. The van der Waals surface area contributed by atoms with Gasteiger partial charge in [-0.05, 0) is 37.2 Å². The van der Waals surface area contributed by atoms with Gasteiger partial charge in [0.25, 0.3) is 0 Å². The van der Waals surface area contributed by atoms with Gasteiger partial charge in [-0.2, -0.15) is 0 Å². The highest BCUT2D eigenvalue weighted by atomic mass is 14.8. The van der Waals surface area contributed by atoms with Crippen LogP contribution < -0.4 is 0 Å². The van der Waals surface area contributed by atoms with Crippen LogP contribution in [0.15, 0.2) is 16.6 Å². The molecule has 0 aromatic rings. The first-order valence-corrected chi connectivity index (χ1v) is 4.99. The normalized spacial score (nSPS) is 29.2. The highest BCUT2D eigenvalue weighted by molar-refractivity contribution is 5.73. The Bertz CT molecular complexity index is 221. The minimum Gasteiger partial charge on any atom is -0.289 e. The monoisotopic (exact) mass is 163 g/mol. The molecule has 1 atom stereocenters. The van der Waals surface area contributed by atoms with Gasteiger partial charge in [0.05, 0.1) is 6.04 Å². The van der Waals surface area contributed by atoms with Gasteiger partial charge >= 0.3 is 0 Å². The molecule has 2 rings (SSSR count). The molecule has 1 heterocycles. The van der Waals surface area contributed by atoms with E-state index in [1.165, 1.54) is 19.3 Å². The summed E-state index contributed by atoms with van der Waals surface area (Å²) in [7, 11) is 0. The fourth-order valence-electron chi connectivity index (χ4n) is 1.81. The van der Waals surface area contributed by atoms with E-state index in [9.17, 15) is 0 Å². The van der Waals surface area contributed by atoms with Crippen molar-refractivity contribution in [3.8, 4) is 0 Å². The predicted octanol–water partition coefficient (Wildman–Crippen LogP) is 2.82. The summed E-state index contributed by atoms with van der Waals surface area (Å²) in [6, 6.07) is 0.632. The third-order valence-electron chi connectivity index (χ3n) is 2.92. The molecule has 0 aromatic carbocycles. The Kier molecular flexibility index (Phi) is 2.03. The largest absolute Gasteiger partial charge is 0.289 e. The first-order valence-electron chi connectivity index (χ1n) is 4.99. The second kappa shape index (κ2) is 3.04. The molecule has 1 aliphatic carbocycles. The van der Waals surface area contributed by atoms with E-state index < -0.39 is 0 Å². The van der Waals surface area contributed by atoms with Crippen LogP contribution in [0.3, 0.4) is 0 Å². The first-order chi connectivity index (χ1) is 5.77. The van der Waals surface area contributed by atoms with Crippen LogP contribution in [0.5, 0.6) is 0 Å². The summed E-state index contributed by atoms with van der Waals surface area (Å²) in [4.78, 5) is 4.52. The van der Waals surface area contributed by atoms with Crippen LogP contribution in [0.25, 0.3) is 0 Å². The summed E-state index contributed by atoms with van der Waals surface area (Å²) in [6.45, 7) is 4.55. The third kappa shape index (κ3) is 1.60. The molecular formula is C11H17N. The number of hydrogen-bond acceptors (Lipinski definition) is 1. The topological polar surface area (TPSA) is 12.4 Å². The average molecular weight is 163 g/mol. The number of allylic oxidation sites excluding steroid dienone is 1. The van der Waals surface area contributed by atoms with E-state index in [0.717, 1.165) is 5.92 Å². The van der Waals surface area contributed by atoms with E-state index >= 15 is 0 Å². The molecule has 1 nitrogen and oxygen atoms in total. The predicted molar refractivity (Wildman–Crippen MR) is 52.5 cm³/mol. The number of dihydropyridines is 1. The fourth-order valence-corrected chi connectivity index (χ4v) is 1.81. The second-order valence-corrected chi connectivity index (χ2v) is 4.30. The van der Waals surface area contributed by atoms with Crippen LogP contribution in [-0.4, -0.2) is 12.3 Å². The van der Waals surface area contributed by atoms with Gasteiger partial charge in [-0.25, -0.2) is 0 Å². The Morgan fingerprint density at radius 2 is 2.17 bits per heavy atom. The van der Waals surface area contributed by atoms with Crippen molar-refractivity contribution in [1.82, 2.24) is 0 Å². The zero-order valence-corrected chi connectivity index (χ0v) is 7.96. The molecule has 0 amide bonds. The smallest absolute Gasteiger partial charge is 0.0564 e. The quantitative estimate of drug-likeness (QED) is 0.593. The molecule has 0 N–H and O–H groups in total. The maximum atomic E-state index is 4.52. The van der Waals surface area contributed by atoms with Crippen LogP contribution in [0.1, 0.15) is 33.1 Å². The first kappa shape index (κ1) is 8.03. The van der Waals surface area contributed by atoms with Gasteiger partial charge in [-0.1, -0.05) is 19.4 Å². The Morgan fingerprint density at radius 1 is 1.42 bits per heavy atom. The maximum Gasteiger partial charge on any atom is 0.0564 e. The van der Waals surface area contributed by atoms with E-state index in [1.807, 2.05) is 6.21 Å². The molecule has 1 fully saturated rings. The Labute approximate surface area is 74.6 Å². The Balaban J connectivity index is 2.00. The molecule has 12 heavy (non-hydrogen) atoms. The van der Waals surface area contributed by atoms with Gasteiger partial charge in [-0.3, -0.25) is 4.99 Å². The van der Waals surface area contributed by atoms with Crippen molar-refractivity contribution in [3.63, 3.8) is 0 Å². The molecule has 66 valence electrons. The van der Waals surface area contributed by atoms with Crippen LogP contribution in [0.4, 0.5) is 0 Å². The summed E-state index contributed by atoms with van der Waals surface area (Å²) < 4.78 is 0. The van der Waals surface area contributed by atoms with Crippen LogP contribution in [0.2, 0.25) is 0 Å². The van der Waals surface area contributed by atoms with E-state index in [2.05, 4.69) is 24.9 Å². The van der Waals surface area contributed by atoms with Gasteiger partial charge in [0.15, 0.2) is 0 Å². The molecule has 1 saturated carbocycles. The molecule has 1 aliphatic heterocycles. The standard InChI is InChI=1S/C11H17N/c1-8(2)10-5-6-12-11(7-10)9-3-4-9/h5-6,8-9,11H,3-4,7H2,1-2H3. The van der Waals surface area contributed by atoms with E-state index in [4.69, 9.17) is 0 Å². The summed E-state index contributed by atoms with van der Waals surface area (Å²) >= 11 is 0. The van der Waals surface area contributed by atoms with Crippen molar-refractivity contribution in [1.29, 1.82) is 0 Å². The van der Waals surface area contributed by atoms with Crippen molar-refractivity contribution in [2.75, 3.05) is 0 Å². The molecule has 1 heteroatoms. The molecule has 0 aromatic heterocycles. The lowest BCUT2D eigenvalue weighted by Crippen LogP contribution is -2.14. The number of hydrogen-bond donors (Lipinski definition) is 0. The van der Waals surface area contributed by atoms with Crippen molar-refractivity contribution in [2.45, 2.75) is 39.2 Å². The fraction of sp³-hybridized carbons (Fsp3) is 0.727. The van der Waals surface area contributed by atoms with Gasteiger partial charge in [0.2, 0.25) is 0 Å². The maximum absolute atomic E-state index is 4.52. The third-order valence-corrected chi connectivity index (χ3v) is 2.92. The van der Waals surface area contributed by atoms with Crippen LogP contribution >= 0.6 is 0 Å². The van der Waals surface area contributed by atoms with Crippen LogP contribution in [0, 0.1) is 11.8 Å². The van der Waals surface area contributed by atoms with E-state index in [0.29, 0.717) is 12.0 Å². The van der Waals surface area contributed by atoms with Gasteiger partial charge in [0.1, 0.15) is 0 Å². The van der Waals surface area contributed by atoms with Gasteiger partial charge in [-0.15, -0.1) is 0 Å². The van der Waals surface area contributed by atoms with Crippen molar-refractivity contribution >= 4 is 6.21 Å². The molecule has 0 saturated heterocycles. The van der Waals surface area contributed by atoms with Crippen molar-refractivity contribution in [3.05, 3.63) is 11.6 Å². The number of rotatable bonds is 2. The lowest BCUT2D eigenvalue weighted by atomic mass is 9.92. The van der Waals surface area contributed by atoms with E-state index in [-0.39, 0.29) is 0 Å². The minimum absolute atomic E-state index is 0.632. The summed E-state index contributed by atoms with van der Waals surface area (Å²) in [5.74, 6) is 1.63. The molecule has 0 bridgehead atoms. The number of aliphatic imine (C=N–C) groups is 1. The number of nitrogens with zero attached hydrogens (tertiary/aromatic N) is 1.